The Morgan fingerprint density at radius 2 is 1.90 bits per heavy atom. The lowest BCUT2D eigenvalue weighted by molar-refractivity contribution is 0.0892. The number of nitrogens with zero attached hydrogens (tertiary/aromatic N) is 1. The molecule has 0 aromatic carbocycles. The van der Waals surface area contributed by atoms with E-state index in [1.807, 2.05) is 0 Å². The number of rotatable bonds is 9. The number of hydrogen-bond donors (Lipinski definition) is 1. The summed E-state index contributed by atoms with van der Waals surface area (Å²) in [4.78, 5) is 2.59. The average Bonchev–Trinajstić information content (AvgIpc) is 2.35. The Bertz CT molecular complexity index is 275. The van der Waals surface area contributed by atoms with Crippen LogP contribution in [0.5, 0.6) is 0 Å². The maximum Gasteiger partial charge on any atom is 0.00472 e. The summed E-state index contributed by atoms with van der Waals surface area (Å²) in [6.45, 7) is 16.6. The van der Waals surface area contributed by atoms with E-state index >= 15 is 0 Å². The summed E-state index contributed by atoms with van der Waals surface area (Å²) in [7, 11) is 2.33. The van der Waals surface area contributed by atoms with Gasteiger partial charge in [-0.15, -0.1) is 0 Å². The van der Waals surface area contributed by atoms with E-state index in [-0.39, 0.29) is 0 Å². The molecule has 21 heavy (non-hydrogen) atoms. The van der Waals surface area contributed by atoms with Crippen LogP contribution in [0.1, 0.15) is 66.7 Å². The molecule has 2 heteroatoms. The van der Waals surface area contributed by atoms with Gasteiger partial charge in [0.25, 0.3) is 0 Å². The lowest BCUT2D eigenvalue weighted by Crippen LogP contribution is -2.46. The maximum atomic E-state index is 3.76. The van der Waals surface area contributed by atoms with Crippen molar-refractivity contribution in [3.8, 4) is 0 Å². The van der Waals surface area contributed by atoms with Crippen LogP contribution in [0.15, 0.2) is 0 Å². The van der Waals surface area contributed by atoms with Gasteiger partial charge in [0, 0.05) is 13.1 Å². The van der Waals surface area contributed by atoms with E-state index in [2.05, 4.69) is 51.9 Å². The first-order valence-corrected chi connectivity index (χ1v) is 9.22. The molecule has 2 atom stereocenters. The fourth-order valence-corrected chi connectivity index (χ4v) is 3.89. The van der Waals surface area contributed by atoms with E-state index in [0.29, 0.717) is 5.41 Å². The summed E-state index contributed by atoms with van der Waals surface area (Å²) in [5.74, 6) is 2.47. The molecular formula is C19H40N2. The summed E-state index contributed by atoms with van der Waals surface area (Å²) in [5.41, 5.74) is 0.512. The highest BCUT2D eigenvalue weighted by molar-refractivity contribution is 4.89. The summed E-state index contributed by atoms with van der Waals surface area (Å²) in [6.07, 6.45) is 6.99. The highest BCUT2D eigenvalue weighted by Crippen LogP contribution is 2.39. The minimum Gasteiger partial charge on any atom is -0.316 e. The van der Waals surface area contributed by atoms with Crippen LogP contribution in [-0.4, -0.2) is 38.1 Å². The Labute approximate surface area is 134 Å². The third-order valence-corrected chi connectivity index (χ3v) is 4.93. The Balaban J connectivity index is 2.54. The third kappa shape index (κ3) is 7.65. The molecular weight excluding hydrogens is 256 g/mol. The van der Waals surface area contributed by atoms with Crippen LogP contribution in [-0.2, 0) is 0 Å². The van der Waals surface area contributed by atoms with Crippen LogP contribution in [0, 0.1) is 23.2 Å². The van der Waals surface area contributed by atoms with Crippen LogP contribution < -0.4 is 5.32 Å². The molecule has 1 fully saturated rings. The Morgan fingerprint density at radius 3 is 2.48 bits per heavy atom. The molecule has 2 unspecified atom stereocenters. The van der Waals surface area contributed by atoms with Crippen LogP contribution in [0.3, 0.4) is 0 Å². The van der Waals surface area contributed by atoms with Crippen molar-refractivity contribution in [1.82, 2.24) is 10.2 Å². The normalized spacial score (nSPS) is 27.0. The lowest BCUT2D eigenvalue weighted by Gasteiger charge is -2.43. The van der Waals surface area contributed by atoms with E-state index < -0.39 is 0 Å². The molecule has 1 N–H and O–H groups in total. The first kappa shape index (κ1) is 19.0. The minimum atomic E-state index is 0.512. The summed E-state index contributed by atoms with van der Waals surface area (Å²) in [5, 5.41) is 3.76. The second-order valence-corrected chi connectivity index (χ2v) is 8.65. The predicted molar refractivity (Wildman–Crippen MR) is 94.7 cm³/mol. The molecule has 0 saturated heterocycles. The zero-order valence-corrected chi connectivity index (χ0v) is 15.5. The molecule has 0 aromatic rings. The van der Waals surface area contributed by atoms with Crippen molar-refractivity contribution in [1.29, 1.82) is 0 Å². The van der Waals surface area contributed by atoms with Gasteiger partial charge >= 0.3 is 0 Å². The molecule has 0 radical (unpaired) electrons. The molecule has 0 aliphatic heterocycles. The number of hydrogen-bond acceptors (Lipinski definition) is 2. The molecule has 0 bridgehead atoms. The number of nitrogens with one attached hydrogen (secondary N) is 1. The Morgan fingerprint density at radius 1 is 1.19 bits per heavy atom. The molecule has 0 amide bonds. The van der Waals surface area contributed by atoms with Crippen molar-refractivity contribution in [2.45, 2.75) is 66.7 Å². The fraction of sp³-hybridized carbons (Fsp3) is 1.00. The standard InChI is InChI=1S/C19H40N2/c1-16(2)9-11-21(6)15-19(14-20-13-17(3)4)10-7-8-18(5)12-19/h16-18,20H,7-15H2,1-6H3. The first-order valence-electron chi connectivity index (χ1n) is 9.22. The average molecular weight is 297 g/mol. The van der Waals surface area contributed by atoms with Gasteiger partial charge in [-0.1, -0.05) is 47.5 Å². The largest absolute Gasteiger partial charge is 0.316 e. The topological polar surface area (TPSA) is 15.3 Å². The first-order chi connectivity index (χ1) is 9.83. The zero-order valence-electron chi connectivity index (χ0n) is 15.5. The summed E-state index contributed by atoms with van der Waals surface area (Å²) in [6, 6.07) is 0. The van der Waals surface area contributed by atoms with E-state index in [9.17, 15) is 0 Å². The smallest absolute Gasteiger partial charge is 0.00472 e. The molecule has 0 heterocycles. The molecule has 2 nitrogen and oxygen atoms in total. The van der Waals surface area contributed by atoms with Crippen LogP contribution in [0.25, 0.3) is 0 Å². The van der Waals surface area contributed by atoms with Gasteiger partial charge < -0.3 is 10.2 Å². The van der Waals surface area contributed by atoms with Crippen molar-refractivity contribution in [2.75, 3.05) is 33.2 Å². The van der Waals surface area contributed by atoms with Gasteiger partial charge in [0.15, 0.2) is 0 Å². The third-order valence-electron chi connectivity index (χ3n) is 4.93. The zero-order chi connectivity index (χ0) is 15.9. The van der Waals surface area contributed by atoms with Crippen LogP contribution in [0.4, 0.5) is 0 Å². The monoisotopic (exact) mass is 296 g/mol. The van der Waals surface area contributed by atoms with Gasteiger partial charge in [-0.3, -0.25) is 0 Å². The quantitative estimate of drug-likeness (QED) is 0.678. The Kier molecular flexibility index (Phi) is 8.26. The molecule has 0 spiro atoms. The predicted octanol–water partition coefficient (Wildman–Crippen LogP) is 4.41. The van der Waals surface area contributed by atoms with Crippen LogP contribution in [0.2, 0.25) is 0 Å². The maximum absolute atomic E-state index is 3.76. The molecule has 1 saturated carbocycles. The van der Waals surface area contributed by atoms with Crippen molar-refractivity contribution < 1.29 is 0 Å². The SMILES string of the molecule is CC(C)CCN(C)CC1(CNCC(C)C)CCCC(C)C1. The van der Waals surface area contributed by atoms with Crippen molar-refractivity contribution >= 4 is 0 Å². The Hall–Kier alpha value is -0.0800. The van der Waals surface area contributed by atoms with Crippen molar-refractivity contribution in [3.63, 3.8) is 0 Å². The lowest BCUT2D eigenvalue weighted by atomic mass is 9.69. The second kappa shape index (κ2) is 9.15. The molecule has 126 valence electrons. The van der Waals surface area contributed by atoms with Gasteiger partial charge in [-0.05, 0) is 62.6 Å². The van der Waals surface area contributed by atoms with Gasteiger partial charge in [-0.25, -0.2) is 0 Å². The highest BCUT2D eigenvalue weighted by atomic mass is 15.1. The fourth-order valence-electron chi connectivity index (χ4n) is 3.89. The van der Waals surface area contributed by atoms with Gasteiger partial charge in [0.05, 0.1) is 0 Å². The van der Waals surface area contributed by atoms with E-state index in [4.69, 9.17) is 0 Å². The summed E-state index contributed by atoms with van der Waals surface area (Å²) >= 11 is 0. The second-order valence-electron chi connectivity index (χ2n) is 8.65. The van der Waals surface area contributed by atoms with Crippen LogP contribution >= 0.6 is 0 Å². The van der Waals surface area contributed by atoms with Gasteiger partial charge in [0.1, 0.15) is 0 Å². The van der Waals surface area contributed by atoms with Crippen molar-refractivity contribution in [2.24, 2.45) is 23.2 Å². The summed E-state index contributed by atoms with van der Waals surface area (Å²) < 4.78 is 0. The van der Waals surface area contributed by atoms with E-state index in [0.717, 1.165) is 24.3 Å². The molecule has 1 aliphatic rings. The molecule has 1 rings (SSSR count). The minimum absolute atomic E-state index is 0.512. The van der Waals surface area contributed by atoms with Crippen molar-refractivity contribution in [3.05, 3.63) is 0 Å². The molecule has 0 aromatic heterocycles. The van der Waals surface area contributed by atoms with Gasteiger partial charge in [0.2, 0.25) is 0 Å². The van der Waals surface area contributed by atoms with E-state index in [1.54, 1.807) is 0 Å². The van der Waals surface area contributed by atoms with E-state index in [1.165, 1.54) is 51.7 Å². The molecule has 1 aliphatic carbocycles. The van der Waals surface area contributed by atoms with Gasteiger partial charge in [-0.2, -0.15) is 0 Å². The highest BCUT2D eigenvalue weighted by Gasteiger charge is 2.35.